The molecular weight excluding hydrogens is 214 g/mol. The van der Waals surface area contributed by atoms with E-state index in [0.29, 0.717) is 17.9 Å². The van der Waals surface area contributed by atoms with E-state index < -0.39 is 6.10 Å². The summed E-state index contributed by atoms with van der Waals surface area (Å²) in [6.45, 7) is 1.92. The van der Waals surface area contributed by atoms with E-state index in [1.165, 1.54) is 0 Å². The summed E-state index contributed by atoms with van der Waals surface area (Å²) in [7, 11) is 0. The Labute approximate surface area is 101 Å². The van der Waals surface area contributed by atoms with Gasteiger partial charge in [0.2, 0.25) is 0 Å². The molecule has 1 unspecified atom stereocenters. The number of hydrogen-bond donors (Lipinski definition) is 1. The van der Waals surface area contributed by atoms with Crippen LogP contribution in [0, 0.1) is 0 Å². The summed E-state index contributed by atoms with van der Waals surface area (Å²) in [6.07, 6.45) is 1.79. The highest BCUT2D eigenvalue weighted by Gasteiger charge is 2.06. The first kappa shape index (κ1) is 11.6. The number of pyridine rings is 1. The second-order valence-electron chi connectivity index (χ2n) is 3.76. The quantitative estimate of drug-likeness (QED) is 0.874. The maximum Gasteiger partial charge on any atom is 0.145 e. The average molecular weight is 229 g/mol. The fraction of sp³-hybridized carbons (Fsp3) is 0.214. The molecule has 0 aliphatic heterocycles. The van der Waals surface area contributed by atoms with Gasteiger partial charge in [-0.05, 0) is 30.7 Å². The molecule has 1 N–H and O–H groups in total. The number of nitrogens with zero attached hydrogens (tertiary/aromatic N) is 1. The van der Waals surface area contributed by atoms with Crippen molar-refractivity contribution in [2.75, 3.05) is 0 Å². The molecule has 2 aromatic rings. The molecule has 17 heavy (non-hydrogen) atoms. The van der Waals surface area contributed by atoms with Crippen molar-refractivity contribution in [2.24, 2.45) is 0 Å². The molecule has 0 bridgehead atoms. The van der Waals surface area contributed by atoms with Gasteiger partial charge in [-0.1, -0.05) is 25.1 Å². The highest BCUT2D eigenvalue weighted by molar-refractivity contribution is 5.29. The third kappa shape index (κ3) is 3.04. The second-order valence-corrected chi connectivity index (χ2v) is 3.76. The summed E-state index contributed by atoms with van der Waals surface area (Å²) in [5, 5.41) is 9.61. The molecule has 1 heterocycles. The number of benzene rings is 1. The van der Waals surface area contributed by atoms with Crippen LogP contribution in [0.25, 0.3) is 0 Å². The summed E-state index contributed by atoms with van der Waals surface area (Å²) < 4.78 is 5.60. The van der Waals surface area contributed by atoms with Crippen molar-refractivity contribution in [1.82, 2.24) is 4.98 Å². The summed E-state index contributed by atoms with van der Waals surface area (Å²) in [6, 6.07) is 13.1. The Kier molecular flexibility index (Phi) is 3.73. The molecule has 1 atom stereocenters. The highest BCUT2D eigenvalue weighted by atomic mass is 16.5. The van der Waals surface area contributed by atoms with Gasteiger partial charge in [0, 0.05) is 0 Å². The van der Waals surface area contributed by atoms with Crippen molar-refractivity contribution in [1.29, 1.82) is 0 Å². The van der Waals surface area contributed by atoms with Crippen LogP contribution in [-0.2, 0) is 0 Å². The maximum absolute atomic E-state index is 9.61. The zero-order valence-electron chi connectivity index (χ0n) is 9.71. The lowest BCUT2D eigenvalue weighted by Crippen LogP contribution is -1.98. The van der Waals surface area contributed by atoms with Crippen LogP contribution in [-0.4, -0.2) is 10.1 Å². The lowest BCUT2D eigenvalue weighted by Gasteiger charge is -2.08. The van der Waals surface area contributed by atoms with E-state index in [2.05, 4.69) is 4.98 Å². The van der Waals surface area contributed by atoms with Crippen molar-refractivity contribution in [3.63, 3.8) is 0 Å². The standard InChI is InChI=1S/C14H15NO2/c1-2-14(16)13-9-8-12(10-15-13)17-11-6-4-3-5-7-11/h3-10,14,16H,2H2,1H3. The van der Waals surface area contributed by atoms with Crippen LogP contribution in [0.2, 0.25) is 0 Å². The van der Waals surface area contributed by atoms with E-state index in [1.54, 1.807) is 12.3 Å². The summed E-state index contributed by atoms with van der Waals surface area (Å²) in [5.41, 5.74) is 0.674. The largest absolute Gasteiger partial charge is 0.456 e. The lowest BCUT2D eigenvalue weighted by atomic mass is 10.2. The molecule has 0 aliphatic rings. The minimum Gasteiger partial charge on any atom is -0.456 e. The topological polar surface area (TPSA) is 42.4 Å². The van der Waals surface area contributed by atoms with Gasteiger partial charge in [0.05, 0.1) is 18.0 Å². The van der Waals surface area contributed by atoms with Gasteiger partial charge in [0.25, 0.3) is 0 Å². The van der Waals surface area contributed by atoms with Gasteiger partial charge >= 0.3 is 0 Å². The number of rotatable bonds is 4. The first-order valence-electron chi connectivity index (χ1n) is 5.66. The highest BCUT2D eigenvalue weighted by Crippen LogP contribution is 2.21. The number of hydrogen-bond acceptors (Lipinski definition) is 3. The molecule has 0 spiro atoms. The summed E-state index contributed by atoms with van der Waals surface area (Å²) in [5.74, 6) is 1.45. The van der Waals surface area contributed by atoms with Gasteiger partial charge < -0.3 is 9.84 Å². The SMILES string of the molecule is CCC(O)c1ccc(Oc2ccccc2)cn1. The molecule has 0 radical (unpaired) electrons. The van der Waals surface area contributed by atoms with Gasteiger partial charge in [-0.25, -0.2) is 0 Å². The molecule has 88 valence electrons. The van der Waals surface area contributed by atoms with Crippen LogP contribution < -0.4 is 4.74 Å². The molecule has 2 rings (SSSR count). The predicted molar refractivity (Wildman–Crippen MR) is 66.0 cm³/mol. The summed E-state index contributed by atoms with van der Waals surface area (Å²) >= 11 is 0. The predicted octanol–water partition coefficient (Wildman–Crippen LogP) is 3.32. The van der Waals surface area contributed by atoms with Gasteiger partial charge in [-0.3, -0.25) is 4.98 Å². The lowest BCUT2D eigenvalue weighted by molar-refractivity contribution is 0.169. The Morgan fingerprint density at radius 2 is 1.88 bits per heavy atom. The Morgan fingerprint density at radius 1 is 1.12 bits per heavy atom. The molecule has 0 amide bonds. The first-order chi connectivity index (χ1) is 8.29. The molecule has 0 saturated carbocycles. The summed E-state index contributed by atoms with van der Waals surface area (Å²) in [4.78, 5) is 4.17. The van der Waals surface area contributed by atoms with E-state index in [9.17, 15) is 5.11 Å². The van der Waals surface area contributed by atoms with Gasteiger partial charge in [0.1, 0.15) is 11.5 Å². The molecule has 0 aliphatic carbocycles. The maximum atomic E-state index is 9.61. The van der Waals surface area contributed by atoms with Crippen molar-refractivity contribution >= 4 is 0 Å². The van der Waals surface area contributed by atoms with Gasteiger partial charge in [0.15, 0.2) is 0 Å². The molecule has 1 aromatic heterocycles. The third-order valence-electron chi connectivity index (χ3n) is 2.47. The Bertz CT molecular complexity index is 453. The average Bonchev–Trinajstić information content (AvgIpc) is 2.40. The zero-order valence-corrected chi connectivity index (χ0v) is 9.71. The van der Waals surface area contributed by atoms with Crippen LogP contribution >= 0.6 is 0 Å². The van der Waals surface area contributed by atoms with Gasteiger partial charge in [-0.2, -0.15) is 0 Å². The van der Waals surface area contributed by atoms with E-state index in [-0.39, 0.29) is 0 Å². The zero-order chi connectivity index (χ0) is 12.1. The van der Waals surface area contributed by atoms with Crippen LogP contribution in [0.4, 0.5) is 0 Å². The Balaban J connectivity index is 2.08. The number of para-hydroxylation sites is 1. The second kappa shape index (κ2) is 5.46. The third-order valence-corrected chi connectivity index (χ3v) is 2.47. The van der Waals surface area contributed by atoms with Crippen LogP contribution in [0.5, 0.6) is 11.5 Å². The number of ether oxygens (including phenoxy) is 1. The van der Waals surface area contributed by atoms with Crippen molar-refractivity contribution < 1.29 is 9.84 Å². The van der Waals surface area contributed by atoms with Crippen LogP contribution in [0.15, 0.2) is 48.7 Å². The number of aliphatic hydroxyl groups excluding tert-OH is 1. The fourth-order valence-corrected chi connectivity index (χ4v) is 1.48. The molecule has 3 heteroatoms. The van der Waals surface area contributed by atoms with E-state index in [1.807, 2.05) is 43.3 Å². The minimum absolute atomic E-state index is 0.499. The number of aliphatic hydroxyl groups is 1. The van der Waals surface area contributed by atoms with Crippen molar-refractivity contribution in [2.45, 2.75) is 19.4 Å². The Hall–Kier alpha value is -1.87. The monoisotopic (exact) mass is 229 g/mol. The Morgan fingerprint density at radius 3 is 2.47 bits per heavy atom. The molecule has 0 fully saturated rings. The molecule has 3 nitrogen and oxygen atoms in total. The van der Waals surface area contributed by atoms with Crippen LogP contribution in [0.3, 0.4) is 0 Å². The molecule has 0 saturated heterocycles. The van der Waals surface area contributed by atoms with Crippen molar-refractivity contribution in [3.05, 3.63) is 54.4 Å². The minimum atomic E-state index is -0.499. The molecular formula is C14H15NO2. The van der Waals surface area contributed by atoms with E-state index in [0.717, 1.165) is 5.75 Å². The molecule has 1 aromatic carbocycles. The first-order valence-corrected chi connectivity index (χ1v) is 5.66. The normalized spacial score (nSPS) is 12.1. The van der Waals surface area contributed by atoms with E-state index >= 15 is 0 Å². The van der Waals surface area contributed by atoms with Crippen LogP contribution in [0.1, 0.15) is 25.1 Å². The van der Waals surface area contributed by atoms with Crippen molar-refractivity contribution in [3.8, 4) is 11.5 Å². The fourth-order valence-electron chi connectivity index (χ4n) is 1.48. The van der Waals surface area contributed by atoms with Gasteiger partial charge in [-0.15, -0.1) is 0 Å². The van der Waals surface area contributed by atoms with E-state index in [4.69, 9.17) is 4.74 Å². The number of aromatic nitrogens is 1. The smallest absolute Gasteiger partial charge is 0.145 e.